The Morgan fingerprint density at radius 3 is 2.83 bits per heavy atom. The van der Waals surface area contributed by atoms with E-state index in [0.717, 1.165) is 12.3 Å². The van der Waals surface area contributed by atoms with E-state index < -0.39 is 0 Å². The van der Waals surface area contributed by atoms with Gasteiger partial charge >= 0.3 is 0 Å². The fourth-order valence-corrected chi connectivity index (χ4v) is 2.62. The third-order valence-electron chi connectivity index (χ3n) is 3.88. The molecule has 1 aliphatic carbocycles. The minimum Gasteiger partial charge on any atom is -0.374 e. The molecule has 5 heteroatoms. The van der Waals surface area contributed by atoms with Crippen molar-refractivity contribution in [3.63, 3.8) is 0 Å². The number of hydrogen-bond donors (Lipinski definition) is 1. The Morgan fingerprint density at radius 2 is 2.11 bits per heavy atom. The molecule has 0 amide bonds. The number of nitrogens with zero attached hydrogens (tertiary/aromatic N) is 2. The van der Waals surface area contributed by atoms with E-state index in [1.807, 2.05) is 14.0 Å². The van der Waals surface area contributed by atoms with Crippen LogP contribution in [0.1, 0.15) is 62.8 Å². The van der Waals surface area contributed by atoms with E-state index in [9.17, 15) is 0 Å². The van der Waals surface area contributed by atoms with E-state index in [4.69, 9.17) is 9.26 Å². The smallest absolute Gasteiger partial charge is 0.231 e. The molecule has 1 saturated carbocycles. The van der Waals surface area contributed by atoms with E-state index in [2.05, 4.69) is 15.5 Å². The number of methoxy groups -OCH3 is 1. The third-order valence-corrected chi connectivity index (χ3v) is 3.88. The van der Waals surface area contributed by atoms with E-state index in [-0.39, 0.29) is 6.10 Å². The second-order valence-corrected chi connectivity index (χ2v) is 5.01. The van der Waals surface area contributed by atoms with Crippen LogP contribution in [0.3, 0.4) is 0 Å². The van der Waals surface area contributed by atoms with Crippen molar-refractivity contribution in [2.45, 2.75) is 57.1 Å². The summed E-state index contributed by atoms with van der Waals surface area (Å²) >= 11 is 0. The van der Waals surface area contributed by atoms with Gasteiger partial charge in [-0.15, -0.1) is 0 Å². The molecule has 18 heavy (non-hydrogen) atoms. The summed E-state index contributed by atoms with van der Waals surface area (Å²) in [7, 11) is 3.67. The summed E-state index contributed by atoms with van der Waals surface area (Å²) in [5.41, 5.74) is 0. The van der Waals surface area contributed by atoms with Gasteiger partial charge in [-0.25, -0.2) is 0 Å². The van der Waals surface area contributed by atoms with Crippen molar-refractivity contribution in [3.8, 4) is 0 Å². The average molecular weight is 253 g/mol. The van der Waals surface area contributed by atoms with Crippen molar-refractivity contribution >= 4 is 0 Å². The lowest BCUT2D eigenvalue weighted by atomic mass is 9.95. The highest BCUT2D eigenvalue weighted by Gasteiger charge is 2.29. The Balaban J connectivity index is 2.14. The summed E-state index contributed by atoms with van der Waals surface area (Å²) in [6.07, 6.45) is 6.00. The molecule has 0 aromatic carbocycles. The SMILES string of the molecule is CNC1CCCCCC1c1nc(C(C)OC)no1. The first kappa shape index (κ1) is 13.5. The lowest BCUT2D eigenvalue weighted by molar-refractivity contribution is 0.109. The van der Waals surface area contributed by atoms with Crippen LogP contribution in [-0.2, 0) is 4.74 Å². The summed E-state index contributed by atoms with van der Waals surface area (Å²) in [6.45, 7) is 1.93. The molecule has 3 unspecified atom stereocenters. The molecule has 0 radical (unpaired) electrons. The van der Waals surface area contributed by atoms with Crippen LogP contribution in [0.5, 0.6) is 0 Å². The monoisotopic (exact) mass is 253 g/mol. The van der Waals surface area contributed by atoms with Crippen LogP contribution in [0.2, 0.25) is 0 Å². The second-order valence-electron chi connectivity index (χ2n) is 5.01. The van der Waals surface area contributed by atoms with Crippen molar-refractivity contribution in [1.29, 1.82) is 0 Å². The number of ether oxygens (including phenoxy) is 1. The van der Waals surface area contributed by atoms with Crippen molar-refractivity contribution < 1.29 is 9.26 Å². The van der Waals surface area contributed by atoms with Gasteiger partial charge in [0.1, 0.15) is 6.10 Å². The lowest BCUT2D eigenvalue weighted by Gasteiger charge is -2.21. The van der Waals surface area contributed by atoms with Crippen molar-refractivity contribution in [2.75, 3.05) is 14.2 Å². The molecule has 1 aromatic rings. The maximum absolute atomic E-state index is 5.43. The molecule has 0 saturated heterocycles. The van der Waals surface area contributed by atoms with Gasteiger partial charge in [0.2, 0.25) is 5.89 Å². The molecule has 0 bridgehead atoms. The van der Waals surface area contributed by atoms with Gasteiger partial charge in [0.15, 0.2) is 5.82 Å². The van der Waals surface area contributed by atoms with Crippen molar-refractivity contribution in [1.82, 2.24) is 15.5 Å². The number of hydrogen-bond acceptors (Lipinski definition) is 5. The normalized spacial score (nSPS) is 26.8. The van der Waals surface area contributed by atoms with Crippen molar-refractivity contribution in [2.24, 2.45) is 0 Å². The first-order valence-corrected chi connectivity index (χ1v) is 6.79. The highest BCUT2D eigenvalue weighted by atomic mass is 16.5. The molecule has 1 N–H and O–H groups in total. The Kier molecular flexibility index (Phi) is 4.72. The lowest BCUT2D eigenvalue weighted by Crippen LogP contribution is -2.31. The Bertz CT molecular complexity index is 367. The third kappa shape index (κ3) is 2.90. The van der Waals surface area contributed by atoms with Crippen LogP contribution in [0.25, 0.3) is 0 Å². The predicted octanol–water partition coefficient (Wildman–Crippen LogP) is 2.41. The molecule has 0 spiro atoms. The van der Waals surface area contributed by atoms with Crippen LogP contribution in [0.15, 0.2) is 4.52 Å². The van der Waals surface area contributed by atoms with Gasteiger partial charge in [-0.2, -0.15) is 4.98 Å². The molecular weight excluding hydrogens is 230 g/mol. The zero-order chi connectivity index (χ0) is 13.0. The van der Waals surface area contributed by atoms with Gasteiger partial charge in [-0.3, -0.25) is 0 Å². The Hall–Kier alpha value is -0.940. The molecular formula is C13H23N3O2. The topological polar surface area (TPSA) is 60.2 Å². The number of likely N-dealkylation sites (N-methyl/N-ethyl adjacent to an activating group) is 1. The molecule has 1 aliphatic rings. The molecule has 1 heterocycles. The van der Waals surface area contributed by atoms with E-state index in [1.165, 1.54) is 25.7 Å². The fourth-order valence-electron chi connectivity index (χ4n) is 2.62. The van der Waals surface area contributed by atoms with Gasteiger partial charge in [0.05, 0.1) is 5.92 Å². The second kappa shape index (κ2) is 6.29. The molecule has 3 atom stereocenters. The highest BCUT2D eigenvalue weighted by Crippen LogP contribution is 2.31. The van der Waals surface area contributed by atoms with Crippen LogP contribution < -0.4 is 5.32 Å². The molecule has 102 valence electrons. The zero-order valence-corrected chi connectivity index (χ0v) is 11.5. The highest BCUT2D eigenvalue weighted by molar-refractivity contribution is 5.01. The summed E-state index contributed by atoms with van der Waals surface area (Å²) in [4.78, 5) is 4.50. The molecule has 2 rings (SSSR count). The van der Waals surface area contributed by atoms with Crippen LogP contribution in [0.4, 0.5) is 0 Å². The number of rotatable bonds is 4. The van der Waals surface area contributed by atoms with Crippen LogP contribution in [0, 0.1) is 0 Å². The van der Waals surface area contributed by atoms with Crippen molar-refractivity contribution in [3.05, 3.63) is 11.7 Å². The largest absolute Gasteiger partial charge is 0.374 e. The van der Waals surface area contributed by atoms with E-state index in [1.54, 1.807) is 7.11 Å². The predicted molar refractivity (Wildman–Crippen MR) is 68.4 cm³/mol. The molecule has 5 nitrogen and oxygen atoms in total. The maximum atomic E-state index is 5.43. The van der Waals surface area contributed by atoms with E-state index >= 15 is 0 Å². The van der Waals surface area contributed by atoms with E-state index in [0.29, 0.717) is 17.8 Å². The van der Waals surface area contributed by atoms with Gasteiger partial charge in [-0.05, 0) is 26.8 Å². The molecule has 0 aliphatic heterocycles. The molecule has 1 aromatic heterocycles. The first-order valence-electron chi connectivity index (χ1n) is 6.79. The quantitative estimate of drug-likeness (QED) is 0.835. The van der Waals surface area contributed by atoms with Gasteiger partial charge in [-0.1, -0.05) is 24.4 Å². The minimum atomic E-state index is -0.110. The summed E-state index contributed by atoms with van der Waals surface area (Å²) < 4.78 is 10.6. The van der Waals surface area contributed by atoms with Gasteiger partial charge in [0, 0.05) is 13.2 Å². The summed E-state index contributed by atoms with van der Waals surface area (Å²) in [5, 5.41) is 7.41. The van der Waals surface area contributed by atoms with Crippen LogP contribution in [-0.4, -0.2) is 30.3 Å². The number of nitrogens with one attached hydrogen (secondary N) is 1. The fraction of sp³-hybridized carbons (Fsp3) is 0.846. The number of aromatic nitrogens is 2. The summed E-state index contributed by atoms with van der Waals surface area (Å²) in [6, 6.07) is 0.443. The first-order chi connectivity index (χ1) is 8.76. The van der Waals surface area contributed by atoms with Crippen LogP contribution >= 0.6 is 0 Å². The zero-order valence-electron chi connectivity index (χ0n) is 11.5. The maximum Gasteiger partial charge on any atom is 0.231 e. The summed E-state index contributed by atoms with van der Waals surface area (Å²) in [5.74, 6) is 1.74. The van der Waals surface area contributed by atoms with Gasteiger partial charge < -0.3 is 14.6 Å². The Morgan fingerprint density at radius 1 is 1.33 bits per heavy atom. The Labute approximate surface area is 108 Å². The average Bonchev–Trinajstić information content (AvgIpc) is 2.76. The molecule has 1 fully saturated rings. The standard InChI is InChI=1S/C13H23N3O2/c1-9(17-3)12-15-13(18-16-12)10-7-5-4-6-8-11(10)14-2/h9-11,14H,4-8H2,1-3H3. The minimum absolute atomic E-state index is 0.110. The van der Waals surface area contributed by atoms with Gasteiger partial charge in [0.25, 0.3) is 0 Å².